The third kappa shape index (κ3) is 3.26. The Morgan fingerprint density at radius 3 is 2.28 bits per heavy atom. The van der Waals surface area contributed by atoms with Gasteiger partial charge in [0.1, 0.15) is 6.54 Å². The van der Waals surface area contributed by atoms with Crippen LogP contribution in [-0.2, 0) is 6.54 Å². The fourth-order valence-corrected chi connectivity index (χ4v) is 1.90. The first-order chi connectivity index (χ1) is 8.79. The van der Waals surface area contributed by atoms with Gasteiger partial charge in [-0.25, -0.2) is 0 Å². The van der Waals surface area contributed by atoms with Crippen LogP contribution in [0.25, 0.3) is 0 Å². The minimum atomic E-state index is 0.368. The Labute approximate surface area is 112 Å². The highest BCUT2D eigenvalue weighted by molar-refractivity contribution is 6.30. The molecular formula is C15H13ClN2. The number of anilines is 1. The quantitative estimate of drug-likeness (QED) is 0.777. The molecule has 0 spiro atoms. The molecule has 0 aliphatic rings. The van der Waals surface area contributed by atoms with E-state index in [1.807, 2.05) is 59.5 Å². The largest absolute Gasteiger partial charge is 0.354 e. The highest BCUT2D eigenvalue weighted by Gasteiger charge is 2.06. The van der Waals surface area contributed by atoms with Crippen LogP contribution in [0.4, 0.5) is 5.69 Å². The Morgan fingerprint density at radius 1 is 1.00 bits per heavy atom. The van der Waals surface area contributed by atoms with E-state index in [0.29, 0.717) is 13.1 Å². The Kier molecular flexibility index (Phi) is 4.22. The van der Waals surface area contributed by atoms with Gasteiger partial charge in [0.25, 0.3) is 0 Å². The molecule has 0 atom stereocenters. The summed E-state index contributed by atoms with van der Waals surface area (Å²) < 4.78 is 0. The summed E-state index contributed by atoms with van der Waals surface area (Å²) in [6.07, 6.45) is 0. The first kappa shape index (κ1) is 12.5. The van der Waals surface area contributed by atoms with Crippen molar-refractivity contribution >= 4 is 17.3 Å². The molecule has 2 aromatic carbocycles. The van der Waals surface area contributed by atoms with Gasteiger partial charge in [0.2, 0.25) is 0 Å². The molecule has 0 aliphatic heterocycles. The molecule has 0 N–H and O–H groups in total. The summed E-state index contributed by atoms with van der Waals surface area (Å²) in [5.41, 5.74) is 2.19. The summed E-state index contributed by atoms with van der Waals surface area (Å²) in [5.74, 6) is 0. The van der Waals surface area contributed by atoms with Crippen LogP contribution in [0.2, 0.25) is 5.02 Å². The molecule has 90 valence electrons. The molecular weight excluding hydrogens is 244 g/mol. The summed E-state index contributed by atoms with van der Waals surface area (Å²) in [4.78, 5) is 2.03. The van der Waals surface area contributed by atoms with Gasteiger partial charge in [-0.2, -0.15) is 5.26 Å². The second-order valence-electron chi connectivity index (χ2n) is 3.98. The first-order valence-electron chi connectivity index (χ1n) is 5.71. The van der Waals surface area contributed by atoms with Gasteiger partial charge in [0.05, 0.1) is 6.07 Å². The number of rotatable bonds is 4. The summed E-state index contributed by atoms with van der Waals surface area (Å²) in [5, 5.41) is 9.63. The van der Waals surface area contributed by atoms with Crippen LogP contribution in [0, 0.1) is 11.3 Å². The zero-order valence-corrected chi connectivity index (χ0v) is 10.6. The molecule has 0 saturated heterocycles. The maximum atomic E-state index is 8.91. The van der Waals surface area contributed by atoms with Crippen LogP contribution < -0.4 is 4.90 Å². The minimum absolute atomic E-state index is 0.368. The summed E-state index contributed by atoms with van der Waals surface area (Å²) in [6.45, 7) is 1.07. The van der Waals surface area contributed by atoms with Crippen LogP contribution in [0.1, 0.15) is 5.56 Å². The van der Waals surface area contributed by atoms with Gasteiger partial charge in [0.15, 0.2) is 0 Å². The monoisotopic (exact) mass is 256 g/mol. The Morgan fingerprint density at radius 2 is 1.67 bits per heavy atom. The maximum absolute atomic E-state index is 8.91. The molecule has 0 heterocycles. The highest BCUT2D eigenvalue weighted by Crippen LogP contribution is 2.17. The highest BCUT2D eigenvalue weighted by atomic mass is 35.5. The van der Waals surface area contributed by atoms with Crippen molar-refractivity contribution in [3.8, 4) is 6.07 Å². The minimum Gasteiger partial charge on any atom is -0.354 e. The zero-order valence-electron chi connectivity index (χ0n) is 9.88. The van der Waals surface area contributed by atoms with Crippen LogP contribution in [0.5, 0.6) is 0 Å². The van der Waals surface area contributed by atoms with E-state index < -0.39 is 0 Å². The maximum Gasteiger partial charge on any atom is 0.106 e. The number of nitrogens with zero attached hydrogens (tertiary/aromatic N) is 2. The van der Waals surface area contributed by atoms with Crippen LogP contribution in [0.15, 0.2) is 54.6 Å². The summed E-state index contributed by atoms with van der Waals surface area (Å²) in [6, 6.07) is 19.8. The molecule has 0 saturated carbocycles. The lowest BCUT2D eigenvalue weighted by Gasteiger charge is -2.21. The van der Waals surface area contributed by atoms with Crippen molar-refractivity contribution in [1.82, 2.24) is 0 Å². The number of nitriles is 1. The first-order valence-corrected chi connectivity index (χ1v) is 6.09. The standard InChI is InChI=1S/C15H13ClN2/c16-14-8-6-13(7-9-14)12-18(11-10-17)15-4-2-1-3-5-15/h1-9H,11-12H2. The number of hydrogen-bond acceptors (Lipinski definition) is 2. The molecule has 0 fully saturated rings. The molecule has 2 rings (SSSR count). The van der Waals surface area contributed by atoms with Gasteiger partial charge in [-0.15, -0.1) is 0 Å². The Bertz CT molecular complexity index is 529. The van der Waals surface area contributed by atoms with E-state index in [-0.39, 0.29) is 0 Å². The van der Waals surface area contributed by atoms with Crippen LogP contribution in [0.3, 0.4) is 0 Å². The van der Waals surface area contributed by atoms with E-state index in [1.165, 1.54) is 0 Å². The molecule has 0 amide bonds. The van der Waals surface area contributed by atoms with Gasteiger partial charge < -0.3 is 4.90 Å². The zero-order chi connectivity index (χ0) is 12.8. The van der Waals surface area contributed by atoms with E-state index >= 15 is 0 Å². The molecule has 2 nitrogen and oxygen atoms in total. The van der Waals surface area contributed by atoms with Crippen molar-refractivity contribution in [3.63, 3.8) is 0 Å². The fourth-order valence-electron chi connectivity index (χ4n) is 1.77. The average Bonchev–Trinajstić information content (AvgIpc) is 2.42. The number of benzene rings is 2. The van der Waals surface area contributed by atoms with Gasteiger partial charge in [0, 0.05) is 17.3 Å². The lowest BCUT2D eigenvalue weighted by molar-refractivity contribution is 0.872. The number of halogens is 1. The van der Waals surface area contributed by atoms with E-state index in [9.17, 15) is 0 Å². The van der Waals surface area contributed by atoms with Crippen molar-refractivity contribution in [3.05, 3.63) is 65.2 Å². The molecule has 0 aliphatic carbocycles. The topological polar surface area (TPSA) is 27.0 Å². The lowest BCUT2D eigenvalue weighted by atomic mass is 10.2. The van der Waals surface area contributed by atoms with Crippen molar-refractivity contribution in [2.45, 2.75) is 6.54 Å². The third-order valence-electron chi connectivity index (χ3n) is 2.67. The average molecular weight is 257 g/mol. The van der Waals surface area contributed by atoms with E-state index in [0.717, 1.165) is 16.3 Å². The second kappa shape index (κ2) is 6.09. The molecule has 0 radical (unpaired) electrons. The van der Waals surface area contributed by atoms with Crippen LogP contribution >= 0.6 is 11.6 Å². The second-order valence-corrected chi connectivity index (χ2v) is 4.41. The van der Waals surface area contributed by atoms with E-state index in [4.69, 9.17) is 16.9 Å². The lowest BCUT2D eigenvalue weighted by Crippen LogP contribution is -2.22. The Hall–Kier alpha value is -1.98. The van der Waals surface area contributed by atoms with Gasteiger partial charge >= 0.3 is 0 Å². The number of para-hydroxylation sites is 1. The predicted molar refractivity (Wildman–Crippen MR) is 74.6 cm³/mol. The van der Waals surface area contributed by atoms with Crippen molar-refractivity contribution in [2.75, 3.05) is 11.4 Å². The van der Waals surface area contributed by atoms with Crippen molar-refractivity contribution < 1.29 is 0 Å². The SMILES string of the molecule is N#CCN(Cc1ccc(Cl)cc1)c1ccccc1. The molecule has 0 aromatic heterocycles. The molecule has 0 unspecified atom stereocenters. The summed E-state index contributed by atoms with van der Waals surface area (Å²) in [7, 11) is 0. The van der Waals surface area contributed by atoms with Crippen molar-refractivity contribution in [2.24, 2.45) is 0 Å². The molecule has 3 heteroatoms. The third-order valence-corrected chi connectivity index (χ3v) is 2.92. The van der Waals surface area contributed by atoms with Crippen LogP contribution in [-0.4, -0.2) is 6.54 Å². The van der Waals surface area contributed by atoms with E-state index in [2.05, 4.69) is 6.07 Å². The molecule has 2 aromatic rings. The van der Waals surface area contributed by atoms with Gasteiger partial charge in [-0.05, 0) is 29.8 Å². The predicted octanol–water partition coefficient (Wildman–Crippen LogP) is 3.87. The fraction of sp³-hybridized carbons (Fsp3) is 0.133. The summed E-state index contributed by atoms with van der Waals surface area (Å²) >= 11 is 5.86. The van der Waals surface area contributed by atoms with Gasteiger partial charge in [-0.3, -0.25) is 0 Å². The smallest absolute Gasteiger partial charge is 0.106 e. The normalized spacial score (nSPS) is 9.78. The molecule has 18 heavy (non-hydrogen) atoms. The Balaban J connectivity index is 2.17. The molecule has 0 bridgehead atoms. The number of hydrogen-bond donors (Lipinski definition) is 0. The van der Waals surface area contributed by atoms with Gasteiger partial charge in [-0.1, -0.05) is 41.9 Å². The van der Waals surface area contributed by atoms with E-state index in [1.54, 1.807) is 0 Å². The van der Waals surface area contributed by atoms with Crippen molar-refractivity contribution in [1.29, 1.82) is 5.26 Å².